The van der Waals surface area contributed by atoms with Crippen LogP contribution in [-0.2, 0) is 42.2 Å². The molecule has 44 heavy (non-hydrogen) atoms. The van der Waals surface area contributed by atoms with Gasteiger partial charge in [0.05, 0.1) is 24.4 Å². The lowest BCUT2D eigenvalue weighted by atomic mass is 10.1. The lowest BCUT2D eigenvalue weighted by Gasteiger charge is -2.28. The van der Waals surface area contributed by atoms with Crippen LogP contribution in [0.1, 0.15) is 68.9 Å². The monoisotopic (exact) mass is 631 g/mol. The number of hydrogen-bond donors (Lipinski definition) is 3. The van der Waals surface area contributed by atoms with Gasteiger partial charge in [0.2, 0.25) is 21.8 Å². The quantitative estimate of drug-likeness (QED) is 0.421. The first-order valence-corrected chi connectivity index (χ1v) is 16.9. The van der Waals surface area contributed by atoms with Crippen LogP contribution < -0.4 is 15.8 Å². The molecule has 2 saturated carbocycles. The fourth-order valence-corrected chi connectivity index (χ4v) is 7.83. The van der Waals surface area contributed by atoms with Gasteiger partial charge in [-0.15, -0.1) is 0 Å². The molecule has 4 amide bonds. The van der Waals surface area contributed by atoms with E-state index in [1.54, 1.807) is 12.1 Å². The SMILES string of the molecule is N[C@H]1CCCCCC=C[C@@H]2C[C@@]2(C(=O)NS(=O)(=O)C2CC2)NC(=O)C2C[C@@H](OC(=O)N3Cc4cccc(F)c4C3)CN2C1=O. The minimum atomic E-state index is -3.86. The van der Waals surface area contributed by atoms with E-state index in [2.05, 4.69) is 10.0 Å². The Morgan fingerprint density at radius 1 is 1.11 bits per heavy atom. The molecule has 2 aliphatic carbocycles. The van der Waals surface area contributed by atoms with Gasteiger partial charge in [-0.25, -0.2) is 17.6 Å². The van der Waals surface area contributed by atoms with E-state index >= 15 is 0 Å². The van der Waals surface area contributed by atoms with Gasteiger partial charge in [0.1, 0.15) is 23.5 Å². The Labute approximate surface area is 255 Å². The van der Waals surface area contributed by atoms with Gasteiger partial charge in [-0.1, -0.05) is 37.1 Å². The zero-order chi connectivity index (χ0) is 31.2. The van der Waals surface area contributed by atoms with Crippen molar-refractivity contribution in [2.75, 3.05) is 6.54 Å². The first-order valence-electron chi connectivity index (χ1n) is 15.3. The molecule has 5 atom stereocenters. The Morgan fingerprint density at radius 2 is 1.91 bits per heavy atom. The molecule has 1 aromatic rings. The minimum Gasteiger partial charge on any atom is -0.444 e. The number of sulfonamides is 1. The number of ether oxygens (including phenoxy) is 1. The number of nitrogens with one attached hydrogen (secondary N) is 2. The Bertz CT molecular complexity index is 1500. The van der Waals surface area contributed by atoms with Crippen LogP contribution in [0.3, 0.4) is 0 Å². The summed E-state index contributed by atoms with van der Waals surface area (Å²) < 4.78 is 47.3. The average molecular weight is 632 g/mol. The van der Waals surface area contributed by atoms with Crippen LogP contribution >= 0.6 is 0 Å². The number of allylic oxidation sites excluding steroid dienone is 1. The van der Waals surface area contributed by atoms with E-state index < -0.39 is 74.5 Å². The molecule has 12 nitrogen and oxygen atoms in total. The van der Waals surface area contributed by atoms with Gasteiger partial charge < -0.3 is 20.7 Å². The molecule has 5 aliphatic rings. The molecule has 6 rings (SSSR count). The lowest BCUT2D eigenvalue weighted by Crippen LogP contribution is -2.57. The number of rotatable bonds is 4. The summed E-state index contributed by atoms with van der Waals surface area (Å²) in [6, 6.07) is 2.68. The molecule has 0 spiro atoms. The first kappa shape index (κ1) is 30.5. The average Bonchev–Trinajstić information content (AvgIpc) is 3.86. The first-order chi connectivity index (χ1) is 21.0. The highest BCUT2D eigenvalue weighted by molar-refractivity contribution is 7.91. The summed E-state index contributed by atoms with van der Waals surface area (Å²) in [4.78, 5) is 56.5. The summed E-state index contributed by atoms with van der Waals surface area (Å²) in [6.45, 7) is 0.137. The van der Waals surface area contributed by atoms with Crippen molar-refractivity contribution in [2.24, 2.45) is 11.7 Å². The Morgan fingerprint density at radius 3 is 2.66 bits per heavy atom. The van der Waals surface area contributed by atoms with Gasteiger partial charge in [-0.3, -0.25) is 24.0 Å². The van der Waals surface area contributed by atoms with Gasteiger partial charge in [0.15, 0.2) is 0 Å². The summed E-state index contributed by atoms with van der Waals surface area (Å²) in [6.07, 6.45) is 6.91. The maximum Gasteiger partial charge on any atom is 0.410 e. The highest BCUT2D eigenvalue weighted by Crippen LogP contribution is 2.46. The number of fused-ring (bicyclic) bond motifs is 3. The van der Waals surface area contributed by atoms with Crippen molar-refractivity contribution in [2.45, 2.75) is 99.9 Å². The van der Waals surface area contributed by atoms with Crippen LogP contribution in [0, 0.1) is 11.7 Å². The van der Waals surface area contributed by atoms with Crippen molar-refractivity contribution in [3.05, 3.63) is 47.3 Å². The zero-order valence-electron chi connectivity index (χ0n) is 24.4. The number of nitrogens with two attached hydrogens (primary N) is 1. The van der Waals surface area contributed by atoms with Crippen molar-refractivity contribution < 1.29 is 36.7 Å². The number of carbonyl (C=O) groups is 4. The van der Waals surface area contributed by atoms with Gasteiger partial charge in [0, 0.05) is 24.4 Å². The Balaban J connectivity index is 1.20. The standard InChI is InChI=1S/C30H38FN5O7S/c31-23-9-6-7-18-15-35(17-22(18)23)29(40)43-20-13-25-26(37)33-30(28(39)34-44(41,42)21-11-12-21)14-19(30)8-4-2-1-3-5-10-24(32)27(38)36(25)16-20/h4,6-9,19-21,24-25H,1-3,5,10-17,32H2,(H,33,37)(H,34,39)/t19-,20-,24+,25?,30-/m1/s1. The van der Waals surface area contributed by atoms with Crippen LogP contribution in [-0.4, -0.2) is 77.6 Å². The fourth-order valence-electron chi connectivity index (χ4n) is 6.47. The maximum atomic E-state index is 14.2. The Hall–Kier alpha value is -3.52. The molecule has 238 valence electrons. The maximum absolute atomic E-state index is 14.2. The van der Waals surface area contributed by atoms with Crippen molar-refractivity contribution in [1.82, 2.24) is 19.8 Å². The van der Waals surface area contributed by atoms with Crippen LogP contribution in [0.5, 0.6) is 0 Å². The summed E-state index contributed by atoms with van der Waals surface area (Å²) in [5, 5.41) is 2.16. The molecule has 14 heteroatoms. The van der Waals surface area contributed by atoms with Crippen molar-refractivity contribution in [3.63, 3.8) is 0 Å². The molecule has 1 aromatic carbocycles. The number of hydrogen-bond acceptors (Lipinski definition) is 8. The predicted octanol–water partition coefficient (Wildman–Crippen LogP) is 1.58. The van der Waals surface area contributed by atoms with Crippen molar-refractivity contribution in [3.8, 4) is 0 Å². The molecule has 0 aromatic heterocycles. The van der Waals surface area contributed by atoms with Crippen molar-refractivity contribution in [1.29, 1.82) is 0 Å². The van der Waals surface area contributed by atoms with E-state index in [0.29, 0.717) is 36.8 Å². The summed E-state index contributed by atoms with van der Waals surface area (Å²) >= 11 is 0. The molecule has 0 radical (unpaired) electrons. The molecule has 3 fully saturated rings. The van der Waals surface area contributed by atoms with Gasteiger partial charge in [-0.05, 0) is 50.2 Å². The van der Waals surface area contributed by atoms with E-state index in [0.717, 1.165) is 19.3 Å². The topological polar surface area (TPSA) is 168 Å². The number of halogens is 1. The summed E-state index contributed by atoms with van der Waals surface area (Å²) in [5.41, 5.74) is 5.89. The third kappa shape index (κ3) is 6.06. The van der Waals surface area contributed by atoms with Crippen LogP contribution in [0.25, 0.3) is 0 Å². The number of benzene rings is 1. The highest BCUT2D eigenvalue weighted by Gasteiger charge is 2.62. The summed E-state index contributed by atoms with van der Waals surface area (Å²) in [5.74, 6) is -2.73. The molecular formula is C30H38FN5O7S. The number of amides is 4. The third-order valence-electron chi connectivity index (χ3n) is 9.34. The predicted molar refractivity (Wildman–Crippen MR) is 155 cm³/mol. The second kappa shape index (κ2) is 11.8. The van der Waals surface area contributed by atoms with Gasteiger partial charge in [-0.2, -0.15) is 0 Å². The Kier molecular flexibility index (Phi) is 8.16. The third-order valence-corrected chi connectivity index (χ3v) is 11.2. The van der Waals surface area contributed by atoms with Crippen molar-refractivity contribution >= 4 is 33.8 Å². The number of nitrogens with zero attached hydrogens (tertiary/aromatic N) is 2. The number of carbonyl (C=O) groups excluding carboxylic acids is 4. The van der Waals surface area contributed by atoms with Gasteiger partial charge in [0.25, 0.3) is 5.91 Å². The van der Waals surface area contributed by atoms with Crippen LogP contribution in [0.4, 0.5) is 9.18 Å². The molecule has 0 bridgehead atoms. The molecule has 4 N–H and O–H groups in total. The zero-order valence-corrected chi connectivity index (χ0v) is 25.2. The van der Waals surface area contributed by atoms with E-state index in [1.165, 1.54) is 15.9 Å². The van der Waals surface area contributed by atoms with Crippen LogP contribution in [0.15, 0.2) is 30.4 Å². The normalized spacial score (nSPS) is 30.8. The highest BCUT2D eigenvalue weighted by atomic mass is 32.2. The summed E-state index contributed by atoms with van der Waals surface area (Å²) in [7, 11) is -3.86. The van der Waals surface area contributed by atoms with E-state index in [1.807, 2.05) is 12.2 Å². The largest absolute Gasteiger partial charge is 0.444 e. The fraction of sp³-hybridized carbons (Fsp3) is 0.600. The second-order valence-electron chi connectivity index (χ2n) is 12.6. The van der Waals surface area contributed by atoms with Gasteiger partial charge >= 0.3 is 6.09 Å². The van der Waals surface area contributed by atoms with E-state index in [-0.39, 0.29) is 32.5 Å². The molecule has 3 heterocycles. The minimum absolute atomic E-state index is 0.0379. The van der Waals surface area contributed by atoms with Crippen LogP contribution in [0.2, 0.25) is 0 Å². The lowest BCUT2D eigenvalue weighted by molar-refractivity contribution is -0.140. The molecule has 3 aliphatic heterocycles. The second-order valence-corrected chi connectivity index (χ2v) is 14.6. The molecule has 1 saturated heterocycles. The molecular weight excluding hydrogens is 593 g/mol. The van der Waals surface area contributed by atoms with E-state index in [9.17, 15) is 32.0 Å². The smallest absolute Gasteiger partial charge is 0.410 e. The molecule has 1 unspecified atom stereocenters. The van der Waals surface area contributed by atoms with E-state index in [4.69, 9.17) is 10.5 Å².